The zero-order chi connectivity index (χ0) is 10.4. The number of hydrogen-bond donors (Lipinski definition) is 0. The molecule has 15 heavy (non-hydrogen) atoms. The number of aliphatic imine (C=N–C) groups is 1. The lowest BCUT2D eigenvalue weighted by Gasteiger charge is -2.56. The minimum atomic E-state index is 0.0600. The Morgan fingerprint density at radius 1 is 1.27 bits per heavy atom. The lowest BCUT2D eigenvalue weighted by Crippen LogP contribution is -2.61. The minimum absolute atomic E-state index is 0.0600. The second kappa shape index (κ2) is 2.97. The first-order valence-corrected chi connectivity index (χ1v) is 5.93. The molecule has 0 amide bonds. The Hall–Kier alpha value is -1.05. The van der Waals surface area contributed by atoms with Crippen molar-refractivity contribution in [3.63, 3.8) is 0 Å². The van der Waals surface area contributed by atoms with Gasteiger partial charge in [-0.2, -0.15) is 0 Å². The smallest absolute Gasteiger partial charge is 0.197 e. The molecule has 0 aromatic rings. The summed E-state index contributed by atoms with van der Waals surface area (Å²) in [4.78, 5) is 4.73. The predicted molar refractivity (Wildman–Crippen MR) is 61.0 cm³/mol. The van der Waals surface area contributed by atoms with Crippen molar-refractivity contribution in [2.24, 2.45) is 10.4 Å². The van der Waals surface area contributed by atoms with E-state index in [2.05, 4.69) is 24.3 Å². The van der Waals surface area contributed by atoms with Gasteiger partial charge in [0.15, 0.2) is 5.90 Å². The van der Waals surface area contributed by atoms with Crippen LogP contribution in [0.15, 0.2) is 29.3 Å². The van der Waals surface area contributed by atoms with E-state index in [-0.39, 0.29) is 11.0 Å². The third-order valence-corrected chi connectivity index (χ3v) is 3.98. The summed E-state index contributed by atoms with van der Waals surface area (Å²) >= 11 is 0. The predicted octanol–water partition coefficient (Wildman–Crippen LogP) is 2.86. The van der Waals surface area contributed by atoms with Crippen LogP contribution in [0.25, 0.3) is 0 Å². The molecular weight excluding hydrogens is 186 g/mol. The van der Waals surface area contributed by atoms with E-state index in [1.54, 1.807) is 0 Å². The highest BCUT2D eigenvalue weighted by Gasteiger charge is 2.62. The molecule has 1 fully saturated rings. The van der Waals surface area contributed by atoms with Gasteiger partial charge in [-0.25, -0.2) is 4.99 Å². The van der Waals surface area contributed by atoms with Gasteiger partial charge in [-0.05, 0) is 19.8 Å². The molecule has 2 heteroatoms. The Balaban J connectivity index is 2.02. The van der Waals surface area contributed by atoms with Crippen molar-refractivity contribution in [2.45, 2.75) is 38.1 Å². The molecule has 80 valence electrons. The molecule has 1 aliphatic heterocycles. The molecule has 0 saturated heterocycles. The van der Waals surface area contributed by atoms with Crippen LogP contribution in [0, 0.1) is 5.41 Å². The van der Waals surface area contributed by atoms with Gasteiger partial charge in [0.05, 0.1) is 12.0 Å². The lowest BCUT2D eigenvalue weighted by atomic mass is 9.55. The number of allylic oxidation sites excluding steroid dienone is 2. The van der Waals surface area contributed by atoms with Gasteiger partial charge < -0.3 is 4.74 Å². The van der Waals surface area contributed by atoms with Gasteiger partial charge in [0.2, 0.25) is 0 Å². The summed E-state index contributed by atoms with van der Waals surface area (Å²) < 4.78 is 5.67. The van der Waals surface area contributed by atoms with E-state index in [1.165, 1.54) is 25.7 Å². The van der Waals surface area contributed by atoms with Crippen LogP contribution in [0.4, 0.5) is 0 Å². The van der Waals surface area contributed by atoms with Crippen LogP contribution >= 0.6 is 0 Å². The molecular formula is C13H17NO. The van der Waals surface area contributed by atoms with Crippen LogP contribution in [0.2, 0.25) is 0 Å². The standard InChI is InChI=1S/C13H17NO/c1-2-15-11-12-7-3-5-9-13(12,14-11)10-6-4-8-12/h3,5,7,9H,2,4,6,8,10H2,1H3. The van der Waals surface area contributed by atoms with Crippen LogP contribution in [-0.2, 0) is 4.74 Å². The molecule has 0 N–H and O–H groups in total. The molecule has 2 aliphatic carbocycles. The van der Waals surface area contributed by atoms with E-state index in [4.69, 9.17) is 9.73 Å². The van der Waals surface area contributed by atoms with Gasteiger partial charge in [-0.3, -0.25) is 0 Å². The van der Waals surface area contributed by atoms with Gasteiger partial charge in [0.1, 0.15) is 5.54 Å². The molecule has 1 saturated carbocycles. The Morgan fingerprint density at radius 3 is 2.93 bits per heavy atom. The van der Waals surface area contributed by atoms with E-state index in [0.717, 1.165) is 12.5 Å². The summed E-state index contributed by atoms with van der Waals surface area (Å²) in [7, 11) is 0. The zero-order valence-corrected chi connectivity index (χ0v) is 9.20. The number of hydrogen-bond acceptors (Lipinski definition) is 2. The third kappa shape index (κ3) is 0.973. The molecule has 0 aromatic carbocycles. The molecule has 0 spiro atoms. The number of ether oxygens (including phenoxy) is 1. The van der Waals surface area contributed by atoms with Gasteiger partial charge in [0.25, 0.3) is 0 Å². The highest BCUT2D eigenvalue weighted by molar-refractivity contribution is 5.94. The van der Waals surface area contributed by atoms with E-state index < -0.39 is 0 Å². The van der Waals surface area contributed by atoms with Crippen molar-refractivity contribution in [1.29, 1.82) is 0 Å². The van der Waals surface area contributed by atoms with Crippen molar-refractivity contribution in [1.82, 2.24) is 0 Å². The maximum absolute atomic E-state index is 5.67. The van der Waals surface area contributed by atoms with Crippen LogP contribution in [0.1, 0.15) is 32.6 Å². The second-order valence-electron chi connectivity index (χ2n) is 4.67. The average Bonchev–Trinajstić information content (AvgIpc) is 2.25. The van der Waals surface area contributed by atoms with Crippen molar-refractivity contribution in [2.75, 3.05) is 6.61 Å². The summed E-state index contributed by atoms with van der Waals surface area (Å²) in [5.74, 6) is 0.977. The average molecular weight is 203 g/mol. The van der Waals surface area contributed by atoms with Crippen molar-refractivity contribution in [3.8, 4) is 0 Å². The first-order chi connectivity index (χ1) is 7.33. The fraction of sp³-hybridized carbons (Fsp3) is 0.615. The van der Waals surface area contributed by atoms with E-state index in [0.29, 0.717) is 0 Å². The molecule has 2 nitrogen and oxygen atoms in total. The van der Waals surface area contributed by atoms with Crippen molar-refractivity contribution in [3.05, 3.63) is 24.3 Å². The quantitative estimate of drug-likeness (QED) is 0.642. The van der Waals surface area contributed by atoms with E-state index >= 15 is 0 Å². The first-order valence-electron chi connectivity index (χ1n) is 5.93. The van der Waals surface area contributed by atoms with Crippen LogP contribution in [0.5, 0.6) is 0 Å². The number of nitrogens with zero attached hydrogens (tertiary/aromatic N) is 1. The topological polar surface area (TPSA) is 21.6 Å². The summed E-state index contributed by atoms with van der Waals surface area (Å²) in [6, 6.07) is 0. The zero-order valence-electron chi connectivity index (χ0n) is 9.20. The normalized spacial score (nSPS) is 41.3. The molecule has 2 unspecified atom stereocenters. The second-order valence-corrected chi connectivity index (χ2v) is 4.67. The van der Waals surface area contributed by atoms with Crippen molar-refractivity contribution >= 4 is 5.90 Å². The largest absolute Gasteiger partial charge is 0.481 e. The Kier molecular flexibility index (Phi) is 1.82. The molecule has 2 atom stereocenters. The summed E-state index contributed by atoms with van der Waals surface area (Å²) in [6.45, 7) is 2.76. The summed E-state index contributed by atoms with van der Waals surface area (Å²) in [5.41, 5.74) is 0.181. The Morgan fingerprint density at radius 2 is 2.07 bits per heavy atom. The van der Waals surface area contributed by atoms with Gasteiger partial charge in [-0.1, -0.05) is 37.1 Å². The Labute approximate surface area is 90.7 Å². The van der Waals surface area contributed by atoms with Gasteiger partial charge in [-0.15, -0.1) is 0 Å². The Bertz CT molecular complexity index is 369. The van der Waals surface area contributed by atoms with Gasteiger partial charge in [0, 0.05) is 0 Å². The first kappa shape index (κ1) is 9.20. The lowest BCUT2D eigenvalue weighted by molar-refractivity contribution is 0.126. The number of rotatable bonds is 1. The third-order valence-electron chi connectivity index (χ3n) is 3.98. The summed E-state index contributed by atoms with van der Waals surface area (Å²) in [6.07, 6.45) is 13.8. The highest BCUT2D eigenvalue weighted by Crippen LogP contribution is 2.57. The molecule has 0 bridgehead atoms. The molecule has 3 aliphatic rings. The monoisotopic (exact) mass is 203 g/mol. The fourth-order valence-corrected chi connectivity index (χ4v) is 3.21. The summed E-state index contributed by atoms with van der Waals surface area (Å²) in [5, 5.41) is 0. The van der Waals surface area contributed by atoms with Crippen LogP contribution < -0.4 is 0 Å². The highest BCUT2D eigenvalue weighted by atomic mass is 16.5. The van der Waals surface area contributed by atoms with Crippen molar-refractivity contribution < 1.29 is 4.74 Å². The van der Waals surface area contributed by atoms with Gasteiger partial charge >= 0.3 is 0 Å². The maximum atomic E-state index is 5.67. The minimum Gasteiger partial charge on any atom is -0.481 e. The van der Waals surface area contributed by atoms with E-state index in [1.807, 2.05) is 6.92 Å². The van der Waals surface area contributed by atoms with Crippen LogP contribution in [-0.4, -0.2) is 18.0 Å². The SMILES string of the molecule is CCOC1=NC23C=CC=CC12CCCC3. The maximum Gasteiger partial charge on any atom is 0.197 e. The van der Waals surface area contributed by atoms with Crippen LogP contribution in [0.3, 0.4) is 0 Å². The molecule has 0 aromatic heterocycles. The molecule has 0 radical (unpaired) electrons. The fourth-order valence-electron chi connectivity index (χ4n) is 3.21. The molecule has 3 rings (SSSR count). The molecule has 1 heterocycles. The van der Waals surface area contributed by atoms with E-state index in [9.17, 15) is 0 Å².